The van der Waals surface area contributed by atoms with Gasteiger partial charge in [-0.2, -0.15) is 0 Å². The maximum absolute atomic E-state index is 12.4. The number of benzene rings is 1. The minimum absolute atomic E-state index is 0.259. The second kappa shape index (κ2) is 9.09. The summed E-state index contributed by atoms with van der Waals surface area (Å²) >= 11 is 4.27. The molecule has 0 spiro atoms. The van der Waals surface area contributed by atoms with E-state index in [4.69, 9.17) is 14.6 Å². The minimum Gasteiger partial charge on any atom is -0.493 e. The number of carboxylic acids is 1. The summed E-state index contributed by atoms with van der Waals surface area (Å²) in [5.74, 6) is -0.834. The van der Waals surface area contributed by atoms with Crippen molar-refractivity contribution < 1.29 is 29.0 Å². The van der Waals surface area contributed by atoms with Crippen LogP contribution in [0.1, 0.15) is 25.3 Å². The molecule has 0 radical (unpaired) electrons. The van der Waals surface area contributed by atoms with Crippen LogP contribution in [-0.4, -0.2) is 47.4 Å². The molecule has 0 aliphatic carbocycles. The molecule has 0 atom stereocenters. The van der Waals surface area contributed by atoms with Gasteiger partial charge in [-0.1, -0.05) is 29.3 Å². The van der Waals surface area contributed by atoms with Gasteiger partial charge in [0.25, 0.3) is 11.1 Å². The molecule has 1 saturated heterocycles. The molecule has 140 valence electrons. The number of thioether (sulfide) groups is 1. The number of hydrogen-bond donors (Lipinski definition) is 1. The second-order valence-electron chi connectivity index (χ2n) is 5.39. The monoisotopic (exact) mass is 443 g/mol. The molecule has 9 heteroatoms. The smallest absolute Gasteiger partial charge is 0.341 e. The first-order valence-corrected chi connectivity index (χ1v) is 9.45. The Morgan fingerprint density at radius 1 is 1.35 bits per heavy atom. The molecule has 1 aliphatic rings. The van der Waals surface area contributed by atoms with Gasteiger partial charge < -0.3 is 14.6 Å². The van der Waals surface area contributed by atoms with E-state index >= 15 is 0 Å². The third-order valence-corrected chi connectivity index (χ3v) is 5.12. The minimum atomic E-state index is -1.10. The Labute approximate surface area is 163 Å². The molecule has 1 aliphatic heterocycles. The fraction of sp³-hybridized carbons (Fsp3) is 0.353. The SMILES string of the molecule is CCCCN1C(=O)S/C(=C\c2cc(OC)c(OCC(=O)O)cc2Br)C1=O. The molecule has 0 saturated carbocycles. The number of nitrogens with zero attached hydrogens (tertiary/aromatic N) is 1. The first kappa shape index (κ1) is 20.3. The van der Waals surface area contributed by atoms with Gasteiger partial charge in [-0.05, 0) is 42.0 Å². The van der Waals surface area contributed by atoms with E-state index in [0.717, 1.165) is 24.6 Å². The van der Waals surface area contributed by atoms with E-state index in [1.54, 1.807) is 18.2 Å². The van der Waals surface area contributed by atoms with Gasteiger partial charge in [0, 0.05) is 11.0 Å². The Kier molecular flexibility index (Phi) is 7.10. The van der Waals surface area contributed by atoms with Crippen LogP contribution < -0.4 is 9.47 Å². The number of aliphatic carboxylic acids is 1. The summed E-state index contributed by atoms with van der Waals surface area (Å²) in [7, 11) is 1.43. The Morgan fingerprint density at radius 3 is 2.69 bits per heavy atom. The molecule has 2 amide bonds. The first-order valence-electron chi connectivity index (χ1n) is 7.84. The summed E-state index contributed by atoms with van der Waals surface area (Å²) in [5, 5.41) is 8.45. The molecule has 7 nitrogen and oxygen atoms in total. The van der Waals surface area contributed by atoms with Crippen molar-refractivity contribution in [1.82, 2.24) is 4.90 Å². The van der Waals surface area contributed by atoms with Crippen molar-refractivity contribution >= 4 is 50.9 Å². The summed E-state index contributed by atoms with van der Waals surface area (Å²) in [5.41, 5.74) is 0.616. The summed E-state index contributed by atoms with van der Waals surface area (Å²) in [6.07, 6.45) is 3.25. The van der Waals surface area contributed by atoms with Crippen molar-refractivity contribution in [2.45, 2.75) is 19.8 Å². The molecular formula is C17H18BrNO6S. The highest BCUT2D eigenvalue weighted by Gasteiger charge is 2.34. The molecule has 26 heavy (non-hydrogen) atoms. The number of imide groups is 1. The molecule has 0 bridgehead atoms. The van der Waals surface area contributed by atoms with Gasteiger partial charge in [0.1, 0.15) is 0 Å². The molecule has 1 N–H and O–H groups in total. The van der Waals surface area contributed by atoms with Crippen molar-refractivity contribution in [1.29, 1.82) is 0 Å². The van der Waals surface area contributed by atoms with Gasteiger partial charge >= 0.3 is 5.97 Å². The summed E-state index contributed by atoms with van der Waals surface area (Å²) in [6.45, 7) is 1.90. The van der Waals surface area contributed by atoms with Crippen LogP contribution in [0.2, 0.25) is 0 Å². The van der Waals surface area contributed by atoms with Crippen LogP contribution in [0.25, 0.3) is 6.08 Å². The summed E-state index contributed by atoms with van der Waals surface area (Å²) in [4.78, 5) is 36.7. The molecular weight excluding hydrogens is 426 g/mol. The van der Waals surface area contributed by atoms with Crippen LogP contribution in [0.4, 0.5) is 4.79 Å². The Hall–Kier alpha value is -2.00. The number of ether oxygens (including phenoxy) is 2. The normalized spacial score (nSPS) is 15.7. The van der Waals surface area contributed by atoms with Crippen LogP contribution in [-0.2, 0) is 9.59 Å². The maximum Gasteiger partial charge on any atom is 0.341 e. The van der Waals surface area contributed by atoms with E-state index in [2.05, 4.69) is 15.9 Å². The van der Waals surface area contributed by atoms with Gasteiger partial charge in [0.2, 0.25) is 0 Å². The van der Waals surface area contributed by atoms with Gasteiger partial charge in [0.15, 0.2) is 18.1 Å². The molecule has 1 aromatic rings. The van der Waals surface area contributed by atoms with Crippen molar-refractivity contribution in [3.63, 3.8) is 0 Å². The van der Waals surface area contributed by atoms with Gasteiger partial charge in [-0.3, -0.25) is 14.5 Å². The lowest BCUT2D eigenvalue weighted by Crippen LogP contribution is -2.29. The number of rotatable bonds is 8. The number of amides is 2. The molecule has 2 rings (SSSR count). The zero-order valence-electron chi connectivity index (χ0n) is 14.3. The van der Waals surface area contributed by atoms with Gasteiger partial charge in [-0.15, -0.1) is 0 Å². The second-order valence-corrected chi connectivity index (χ2v) is 7.24. The highest BCUT2D eigenvalue weighted by molar-refractivity contribution is 9.10. The summed E-state index contributed by atoms with van der Waals surface area (Å²) in [6, 6.07) is 3.18. The molecule has 1 heterocycles. The summed E-state index contributed by atoms with van der Waals surface area (Å²) < 4.78 is 11.0. The van der Waals surface area contributed by atoms with E-state index in [9.17, 15) is 14.4 Å². The third kappa shape index (κ3) is 4.79. The lowest BCUT2D eigenvalue weighted by Gasteiger charge is -2.12. The highest BCUT2D eigenvalue weighted by atomic mass is 79.9. The lowest BCUT2D eigenvalue weighted by molar-refractivity contribution is -0.139. The number of carboxylic acid groups (broad SMARTS) is 1. The number of halogens is 1. The van der Waals surface area contributed by atoms with Crippen LogP contribution in [0.3, 0.4) is 0 Å². The first-order chi connectivity index (χ1) is 12.4. The molecule has 1 aromatic carbocycles. The van der Waals surface area contributed by atoms with Crippen LogP contribution in [0, 0.1) is 0 Å². The molecule has 0 unspecified atom stereocenters. The number of carbonyl (C=O) groups excluding carboxylic acids is 2. The lowest BCUT2D eigenvalue weighted by atomic mass is 10.1. The number of carbonyl (C=O) groups is 3. The molecule has 1 fully saturated rings. The Morgan fingerprint density at radius 2 is 2.08 bits per heavy atom. The number of hydrogen-bond acceptors (Lipinski definition) is 6. The van der Waals surface area contributed by atoms with Crippen LogP contribution in [0.5, 0.6) is 11.5 Å². The quantitative estimate of drug-likeness (QED) is 0.611. The standard InChI is InChI=1S/C17H18BrNO6S/c1-3-4-5-19-16(22)14(26-17(19)23)7-10-6-12(24-2)13(8-11(10)18)25-9-15(20)21/h6-8H,3-5,9H2,1-2H3,(H,20,21)/b14-7-. The number of methoxy groups -OCH3 is 1. The third-order valence-electron chi connectivity index (χ3n) is 3.53. The predicted octanol–water partition coefficient (Wildman–Crippen LogP) is 3.76. The average Bonchev–Trinajstić information content (AvgIpc) is 2.86. The highest BCUT2D eigenvalue weighted by Crippen LogP contribution is 2.38. The maximum atomic E-state index is 12.4. The van der Waals surface area contributed by atoms with E-state index in [1.165, 1.54) is 12.0 Å². The fourth-order valence-corrected chi connectivity index (χ4v) is 3.52. The predicted molar refractivity (Wildman–Crippen MR) is 101 cm³/mol. The zero-order valence-corrected chi connectivity index (χ0v) is 16.7. The van der Waals surface area contributed by atoms with Crippen molar-refractivity contribution in [3.8, 4) is 11.5 Å². The van der Waals surface area contributed by atoms with E-state index in [0.29, 0.717) is 27.2 Å². The van der Waals surface area contributed by atoms with Crippen molar-refractivity contribution in [3.05, 3.63) is 27.1 Å². The largest absolute Gasteiger partial charge is 0.493 e. The van der Waals surface area contributed by atoms with Crippen LogP contribution in [0.15, 0.2) is 21.5 Å². The zero-order chi connectivity index (χ0) is 19.3. The van der Waals surface area contributed by atoms with E-state index < -0.39 is 12.6 Å². The Balaban J connectivity index is 2.28. The van der Waals surface area contributed by atoms with E-state index in [1.807, 2.05) is 6.92 Å². The van der Waals surface area contributed by atoms with E-state index in [-0.39, 0.29) is 16.9 Å². The Bertz CT molecular complexity index is 764. The van der Waals surface area contributed by atoms with Crippen molar-refractivity contribution in [2.75, 3.05) is 20.3 Å². The van der Waals surface area contributed by atoms with Gasteiger partial charge in [0.05, 0.1) is 12.0 Å². The molecule has 0 aromatic heterocycles. The van der Waals surface area contributed by atoms with Gasteiger partial charge in [-0.25, -0.2) is 4.79 Å². The van der Waals surface area contributed by atoms with Crippen molar-refractivity contribution in [2.24, 2.45) is 0 Å². The van der Waals surface area contributed by atoms with Crippen LogP contribution >= 0.6 is 27.7 Å². The number of unbranched alkanes of at least 4 members (excludes halogenated alkanes) is 1. The fourth-order valence-electron chi connectivity index (χ4n) is 2.22. The topological polar surface area (TPSA) is 93.1 Å². The average molecular weight is 444 g/mol.